The summed E-state index contributed by atoms with van der Waals surface area (Å²) in [6, 6.07) is 16.6. The summed E-state index contributed by atoms with van der Waals surface area (Å²) in [5, 5.41) is 8.82. The van der Waals surface area contributed by atoms with Crippen LogP contribution >= 0.6 is 0 Å². The number of methoxy groups -OCH3 is 1. The fourth-order valence-electron chi connectivity index (χ4n) is 4.52. The summed E-state index contributed by atoms with van der Waals surface area (Å²) in [5.74, 6) is 0.606. The van der Waals surface area contributed by atoms with Crippen molar-refractivity contribution < 1.29 is 14.3 Å². The SMILES string of the molecule is COCCn1c(C(=O)N2CC(n3cc(COc4ccccc4)nn3)C2)cc2c(=O)n3ccccc3nc21. The molecule has 6 rings (SSSR count). The Balaban J connectivity index is 1.20. The topological polar surface area (TPSA) is 109 Å². The molecule has 11 nitrogen and oxygen atoms in total. The van der Waals surface area contributed by atoms with Gasteiger partial charge in [-0.1, -0.05) is 29.5 Å². The summed E-state index contributed by atoms with van der Waals surface area (Å²) in [6.07, 6.45) is 3.52. The van der Waals surface area contributed by atoms with E-state index >= 15 is 0 Å². The Morgan fingerprint density at radius 3 is 2.73 bits per heavy atom. The van der Waals surface area contributed by atoms with Crippen LogP contribution in [0, 0.1) is 0 Å². The van der Waals surface area contributed by atoms with Crippen molar-refractivity contribution in [3.05, 3.63) is 88.7 Å². The molecule has 0 unspecified atom stereocenters. The van der Waals surface area contributed by atoms with E-state index in [0.717, 1.165) is 5.75 Å². The van der Waals surface area contributed by atoms with E-state index in [0.29, 0.717) is 60.9 Å². The average Bonchev–Trinajstić information content (AvgIpc) is 3.51. The summed E-state index contributed by atoms with van der Waals surface area (Å²) in [5.41, 5.74) is 1.93. The molecule has 11 heteroatoms. The number of nitrogens with zero attached hydrogens (tertiary/aromatic N) is 7. The molecule has 1 saturated heterocycles. The average molecular weight is 500 g/mol. The molecular formula is C26H25N7O4. The van der Waals surface area contributed by atoms with E-state index in [2.05, 4.69) is 15.3 Å². The standard InChI is InChI=1S/C26H25N7O4/c1-36-12-11-31-22(13-21-24(31)27-23-9-5-6-10-32(23)25(21)34)26(35)30-15-19(16-30)33-14-18(28-29-33)17-37-20-7-3-2-4-8-20/h2-10,13-14,19H,11-12,15-17H2,1H3. The van der Waals surface area contributed by atoms with Crippen LogP contribution in [0.5, 0.6) is 5.75 Å². The van der Waals surface area contributed by atoms with Crippen molar-refractivity contribution in [3.8, 4) is 5.75 Å². The first kappa shape index (κ1) is 22.9. The summed E-state index contributed by atoms with van der Waals surface area (Å²) < 4.78 is 16.0. The van der Waals surface area contributed by atoms with Gasteiger partial charge >= 0.3 is 0 Å². The third kappa shape index (κ3) is 4.23. The van der Waals surface area contributed by atoms with Crippen molar-refractivity contribution in [2.45, 2.75) is 19.2 Å². The minimum Gasteiger partial charge on any atom is -0.487 e. The number of aromatic nitrogens is 6. The first-order valence-corrected chi connectivity index (χ1v) is 12.0. The monoisotopic (exact) mass is 499 g/mol. The molecule has 5 aromatic rings. The Hall–Kier alpha value is -4.51. The summed E-state index contributed by atoms with van der Waals surface area (Å²) in [7, 11) is 1.60. The minimum atomic E-state index is -0.208. The Bertz CT molecular complexity index is 1630. The number of ether oxygens (including phenoxy) is 2. The molecule has 1 amide bonds. The Morgan fingerprint density at radius 1 is 1.11 bits per heavy atom. The third-order valence-electron chi connectivity index (χ3n) is 6.53. The normalized spacial score (nSPS) is 13.8. The molecule has 0 N–H and O–H groups in total. The molecule has 0 spiro atoms. The zero-order valence-electron chi connectivity index (χ0n) is 20.2. The van der Waals surface area contributed by atoms with Crippen molar-refractivity contribution in [1.82, 2.24) is 33.8 Å². The quantitative estimate of drug-likeness (QED) is 0.322. The highest BCUT2D eigenvalue weighted by molar-refractivity contribution is 5.98. The minimum absolute atomic E-state index is 0.0186. The smallest absolute Gasteiger partial charge is 0.270 e. The molecule has 0 saturated carbocycles. The molecule has 0 atom stereocenters. The van der Waals surface area contributed by atoms with E-state index in [1.165, 1.54) is 4.40 Å². The number of benzene rings is 1. The van der Waals surface area contributed by atoms with Gasteiger partial charge in [0.25, 0.3) is 11.5 Å². The van der Waals surface area contributed by atoms with Gasteiger partial charge in [-0.25, -0.2) is 9.67 Å². The molecule has 1 aliphatic rings. The lowest BCUT2D eigenvalue weighted by Gasteiger charge is -2.38. The molecule has 37 heavy (non-hydrogen) atoms. The molecule has 1 aromatic carbocycles. The van der Waals surface area contributed by atoms with Crippen LogP contribution in [0.15, 0.2) is 71.8 Å². The van der Waals surface area contributed by atoms with E-state index in [9.17, 15) is 9.59 Å². The highest BCUT2D eigenvalue weighted by Gasteiger charge is 2.35. The van der Waals surface area contributed by atoms with Gasteiger partial charge in [0.1, 0.15) is 35.0 Å². The lowest BCUT2D eigenvalue weighted by molar-refractivity contribution is 0.0486. The first-order chi connectivity index (χ1) is 18.1. The number of carbonyl (C=O) groups excluding carboxylic acids is 1. The molecule has 1 fully saturated rings. The van der Waals surface area contributed by atoms with Gasteiger partial charge in [-0.05, 0) is 30.3 Å². The zero-order chi connectivity index (χ0) is 25.4. The van der Waals surface area contributed by atoms with Gasteiger partial charge in [-0.15, -0.1) is 5.10 Å². The van der Waals surface area contributed by atoms with E-state index in [1.54, 1.807) is 45.7 Å². The van der Waals surface area contributed by atoms with Crippen LogP contribution in [0.3, 0.4) is 0 Å². The molecular weight excluding hydrogens is 474 g/mol. The molecule has 5 heterocycles. The number of hydrogen-bond donors (Lipinski definition) is 0. The fourth-order valence-corrected chi connectivity index (χ4v) is 4.52. The van der Waals surface area contributed by atoms with Crippen molar-refractivity contribution in [2.75, 3.05) is 26.8 Å². The number of carbonyl (C=O) groups is 1. The van der Waals surface area contributed by atoms with Gasteiger partial charge in [0.2, 0.25) is 0 Å². The van der Waals surface area contributed by atoms with E-state index in [-0.39, 0.29) is 17.5 Å². The molecule has 0 radical (unpaired) electrons. The Kier molecular flexibility index (Phi) is 5.89. The second-order valence-corrected chi connectivity index (χ2v) is 8.91. The first-order valence-electron chi connectivity index (χ1n) is 12.0. The predicted molar refractivity (Wildman–Crippen MR) is 135 cm³/mol. The van der Waals surface area contributed by atoms with Crippen LogP contribution in [0.4, 0.5) is 0 Å². The molecule has 0 bridgehead atoms. The summed E-state index contributed by atoms with van der Waals surface area (Å²) >= 11 is 0. The number of amides is 1. The number of pyridine rings is 1. The number of likely N-dealkylation sites (tertiary alicyclic amines) is 1. The van der Waals surface area contributed by atoms with E-state index in [4.69, 9.17) is 9.47 Å². The van der Waals surface area contributed by atoms with Gasteiger partial charge in [0.05, 0.1) is 24.2 Å². The van der Waals surface area contributed by atoms with E-state index in [1.807, 2.05) is 42.6 Å². The lowest BCUT2D eigenvalue weighted by Crippen LogP contribution is -2.51. The maximum atomic E-state index is 13.5. The molecule has 0 aliphatic carbocycles. The maximum absolute atomic E-state index is 13.5. The lowest BCUT2D eigenvalue weighted by atomic mass is 10.1. The predicted octanol–water partition coefficient (Wildman–Crippen LogP) is 2.16. The van der Waals surface area contributed by atoms with Gasteiger partial charge in [-0.3, -0.25) is 14.0 Å². The summed E-state index contributed by atoms with van der Waals surface area (Å²) in [6.45, 7) is 2.08. The maximum Gasteiger partial charge on any atom is 0.270 e. The van der Waals surface area contributed by atoms with Crippen molar-refractivity contribution >= 4 is 22.6 Å². The second-order valence-electron chi connectivity index (χ2n) is 8.91. The fraction of sp³-hybridized carbons (Fsp3) is 0.269. The van der Waals surface area contributed by atoms with Crippen molar-refractivity contribution in [2.24, 2.45) is 0 Å². The van der Waals surface area contributed by atoms with Crippen LogP contribution in [0.1, 0.15) is 22.2 Å². The Morgan fingerprint density at radius 2 is 1.92 bits per heavy atom. The molecule has 4 aromatic heterocycles. The van der Waals surface area contributed by atoms with Crippen LogP contribution in [-0.4, -0.2) is 66.6 Å². The highest BCUT2D eigenvalue weighted by atomic mass is 16.5. The summed E-state index contributed by atoms with van der Waals surface area (Å²) in [4.78, 5) is 33.0. The molecule has 188 valence electrons. The zero-order valence-corrected chi connectivity index (χ0v) is 20.2. The number of fused-ring (bicyclic) bond motifs is 2. The van der Waals surface area contributed by atoms with Crippen LogP contribution < -0.4 is 10.3 Å². The van der Waals surface area contributed by atoms with Gasteiger partial charge in [0, 0.05) is 32.9 Å². The Labute approximate surface area is 211 Å². The van der Waals surface area contributed by atoms with Gasteiger partial charge in [-0.2, -0.15) is 0 Å². The van der Waals surface area contributed by atoms with Crippen LogP contribution in [0.25, 0.3) is 16.7 Å². The third-order valence-corrected chi connectivity index (χ3v) is 6.53. The van der Waals surface area contributed by atoms with Crippen molar-refractivity contribution in [1.29, 1.82) is 0 Å². The van der Waals surface area contributed by atoms with E-state index < -0.39 is 0 Å². The van der Waals surface area contributed by atoms with Crippen molar-refractivity contribution in [3.63, 3.8) is 0 Å². The highest BCUT2D eigenvalue weighted by Crippen LogP contribution is 2.25. The van der Waals surface area contributed by atoms with Crippen LogP contribution in [-0.2, 0) is 17.9 Å². The number of para-hydroxylation sites is 1. The number of hydrogen-bond acceptors (Lipinski definition) is 7. The molecule has 1 aliphatic heterocycles. The van der Waals surface area contributed by atoms with Crippen LogP contribution in [0.2, 0.25) is 0 Å². The number of rotatable bonds is 8. The van der Waals surface area contributed by atoms with Gasteiger partial charge < -0.3 is 18.9 Å². The van der Waals surface area contributed by atoms with Gasteiger partial charge in [0.15, 0.2) is 0 Å². The second kappa shape index (κ2) is 9.51. The largest absolute Gasteiger partial charge is 0.487 e.